The number of esters is 1. The van der Waals surface area contributed by atoms with Gasteiger partial charge in [0.05, 0.1) is 18.4 Å². The van der Waals surface area contributed by atoms with E-state index >= 15 is 0 Å². The molecule has 0 amide bonds. The fourth-order valence-corrected chi connectivity index (χ4v) is 1.65. The highest BCUT2D eigenvalue weighted by atomic mass is 16.5. The molecule has 4 nitrogen and oxygen atoms in total. The van der Waals surface area contributed by atoms with E-state index in [1.54, 1.807) is 24.4 Å². The molecule has 0 fully saturated rings. The van der Waals surface area contributed by atoms with E-state index < -0.39 is 0 Å². The summed E-state index contributed by atoms with van der Waals surface area (Å²) < 4.78 is 4.68. The van der Waals surface area contributed by atoms with E-state index in [1.165, 1.54) is 7.11 Å². The van der Waals surface area contributed by atoms with Crippen molar-refractivity contribution in [2.75, 3.05) is 7.11 Å². The number of pyridine rings is 1. The van der Waals surface area contributed by atoms with Crippen LogP contribution in [0.25, 0.3) is 0 Å². The van der Waals surface area contributed by atoms with Crippen molar-refractivity contribution < 1.29 is 9.53 Å². The van der Waals surface area contributed by atoms with E-state index in [0.717, 1.165) is 16.8 Å². The Labute approximate surface area is 117 Å². The first kappa shape index (κ1) is 13.8. The highest BCUT2D eigenvalue weighted by molar-refractivity contribution is 5.89. The number of carbonyl (C=O) groups excluding carboxylic acids is 1. The van der Waals surface area contributed by atoms with Crippen molar-refractivity contribution in [1.29, 1.82) is 0 Å². The number of benzene rings is 1. The minimum absolute atomic E-state index is 0.372. The maximum atomic E-state index is 11.4. The smallest absolute Gasteiger partial charge is 0.337 e. The van der Waals surface area contributed by atoms with E-state index in [1.807, 2.05) is 18.2 Å². The average Bonchev–Trinajstić information content (AvgIpc) is 2.52. The molecule has 0 saturated heterocycles. The van der Waals surface area contributed by atoms with Gasteiger partial charge in [-0.15, -0.1) is 0 Å². The minimum atomic E-state index is -0.372. The van der Waals surface area contributed by atoms with Crippen molar-refractivity contribution in [3.05, 3.63) is 65.0 Å². The molecular weight excluding hydrogens is 252 g/mol. The van der Waals surface area contributed by atoms with Crippen LogP contribution in [0.4, 0.5) is 0 Å². The normalized spacial score (nSPS) is 9.50. The number of methoxy groups -OCH3 is 1. The molecular formula is C16H14N2O2. The van der Waals surface area contributed by atoms with Gasteiger partial charge in [-0.1, -0.05) is 17.9 Å². The summed E-state index contributed by atoms with van der Waals surface area (Å²) in [4.78, 5) is 15.5. The molecule has 2 aromatic rings. The van der Waals surface area contributed by atoms with Crippen molar-refractivity contribution in [2.45, 2.75) is 6.54 Å². The van der Waals surface area contributed by atoms with Crippen LogP contribution in [0.15, 0.2) is 42.6 Å². The van der Waals surface area contributed by atoms with Gasteiger partial charge in [-0.3, -0.25) is 4.98 Å². The lowest BCUT2D eigenvalue weighted by Crippen LogP contribution is -2.00. The Morgan fingerprint density at radius 1 is 1.25 bits per heavy atom. The van der Waals surface area contributed by atoms with Crippen LogP contribution in [-0.2, 0) is 11.3 Å². The third-order valence-electron chi connectivity index (χ3n) is 2.66. The monoisotopic (exact) mass is 266 g/mol. The SMILES string of the molecule is COC(=O)c1cccc(C#Cc2ccnc(CN)c2)c1. The first-order chi connectivity index (χ1) is 9.72. The van der Waals surface area contributed by atoms with Gasteiger partial charge in [0.2, 0.25) is 0 Å². The number of rotatable bonds is 2. The van der Waals surface area contributed by atoms with E-state index in [9.17, 15) is 4.79 Å². The number of hydrogen-bond donors (Lipinski definition) is 1. The Kier molecular flexibility index (Phi) is 4.48. The zero-order valence-corrected chi connectivity index (χ0v) is 11.1. The van der Waals surface area contributed by atoms with E-state index in [0.29, 0.717) is 12.1 Å². The molecule has 20 heavy (non-hydrogen) atoms. The van der Waals surface area contributed by atoms with E-state index in [2.05, 4.69) is 21.6 Å². The maximum absolute atomic E-state index is 11.4. The molecule has 2 N–H and O–H groups in total. The molecule has 0 atom stereocenters. The van der Waals surface area contributed by atoms with Crippen molar-refractivity contribution in [3.63, 3.8) is 0 Å². The van der Waals surface area contributed by atoms with Gasteiger partial charge in [0, 0.05) is 23.9 Å². The third-order valence-corrected chi connectivity index (χ3v) is 2.66. The molecule has 1 aromatic heterocycles. The van der Waals surface area contributed by atoms with Gasteiger partial charge in [-0.2, -0.15) is 0 Å². The molecule has 1 aromatic carbocycles. The molecule has 0 unspecified atom stereocenters. The first-order valence-corrected chi connectivity index (χ1v) is 6.08. The lowest BCUT2D eigenvalue weighted by Gasteiger charge is -1.99. The predicted molar refractivity (Wildman–Crippen MR) is 75.9 cm³/mol. The number of carbonyl (C=O) groups is 1. The van der Waals surface area contributed by atoms with Crippen LogP contribution < -0.4 is 5.73 Å². The standard InChI is InChI=1S/C16H14N2O2/c1-20-16(19)14-4-2-3-12(9-14)5-6-13-7-8-18-15(10-13)11-17/h2-4,7-10H,11,17H2,1H3. The molecule has 2 rings (SSSR count). The van der Waals surface area contributed by atoms with Crippen LogP contribution in [0, 0.1) is 11.8 Å². The quantitative estimate of drug-likeness (QED) is 0.664. The van der Waals surface area contributed by atoms with E-state index in [4.69, 9.17) is 5.73 Å². The molecule has 0 aliphatic rings. The summed E-state index contributed by atoms with van der Waals surface area (Å²) in [6.07, 6.45) is 1.68. The number of ether oxygens (including phenoxy) is 1. The summed E-state index contributed by atoms with van der Waals surface area (Å²) in [5, 5.41) is 0. The summed E-state index contributed by atoms with van der Waals surface area (Å²) in [6.45, 7) is 0.382. The second kappa shape index (κ2) is 6.50. The van der Waals surface area contributed by atoms with Gasteiger partial charge in [-0.25, -0.2) is 4.79 Å². The Balaban J connectivity index is 2.26. The van der Waals surface area contributed by atoms with Crippen molar-refractivity contribution in [1.82, 2.24) is 4.98 Å². The topological polar surface area (TPSA) is 65.2 Å². The van der Waals surface area contributed by atoms with Gasteiger partial charge in [0.1, 0.15) is 0 Å². The third kappa shape index (κ3) is 3.44. The van der Waals surface area contributed by atoms with E-state index in [-0.39, 0.29) is 5.97 Å². The molecule has 1 heterocycles. The zero-order chi connectivity index (χ0) is 14.4. The Morgan fingerprint density at radius 2 is 2.00 bits per heavy atom. The van der Waals surface area contributed by atoms with Gasteiger partial charge in [-0.05, 0) is 30.3 Å². The maximum Gasteiger partial charge on any atom is 0.337 e. The van der Waals surface area contributed by atoms with Crippen LogP contribution in [0.5, 0.6) is 0 Å². The summed E-state index contributed by atoms with van der Waals surface area (Å²) in [5.74, 6) is 5.66. The Hall–Kier alpha value is -2.64. The largest absolute Gasteiger partial charge is 0.465 e. The van der Waals surface area contributed by atoms with Crippen LogP contribution in [0.1, 0.15) is 27.2 Å². The molecule has 0 aliphatic heterocycles. The van der Waals surface area contributed by atoms with Gasteiger partial charge >= 0.3 is 5.97 Å². The average molecular weight is 266 g/mol. The predicted octanol–water partition coefficient (Wildman–Crippen LogP) is 1.73. The van der Waals surface area contributed by atoms with Gasteiger partial charge in [0.25, 0.3) is 0 Å². The fourth-order valence-electron chi connectivity index (χ4n) is 1.65. The second-order valence-electron chi connectivity index (χ2n) is 4.06. The Bertz CT molecular complexity index is 684. The number of aromatic nitrogens is 1. The summed E-state index contributed by atoms with van der Waals surface area (Å²) in [5.41, 5.74) is 8.39. The summed E-state index contributed by atoms with van der Waals surface area (Å²) >= 11 is 0. The van der Waals surface area contributed by atoms with Crippen molar-refractivity contribution in [3.8, 4) is 11.8 Å². The van der Waals surface area contributed by atoms with Crippen molar-refractivity contribution in [2.24, 2.45) is 5.73 Å². The van der Waals surface area contributed by atoms with Crippen molar-refractivity contribution >= 4 is 5.97 Å². The number of nitrogens with zero attached hydrogens (tertiary/aromatic N) is 1. The van der Waals surface area contributed by atoms with Crippen LogP contribution in [0.3, 0.4) is 0 Å². The molecule has 100 valence electrons. The van der Waals surface area contributed by atoms with Crippen LogP contribution >= 0.6 is 0 Å². The first-order valence-electron chi connectivity index (χ1n) is 6.08. The van der Waals surface area contributed by atoms with Gasteiger partial charge < -0.3 is 10.5 Å². The minimum Gasteiger partial charge on any atom is -0.465 e. The molecule has 0 spiro atoms. The van der Waals surface area contributed by atoms with Crippen LogP contribution in [0.2, 0.25) is 0 Å². The molecule has 0 bridgehead atoms. The Morgan fingerprint density at radius 3 is 2.70 bits per heavy atom. The molecule has 0 radical (unpaired) electrons. The lowest BCUT2D eigenvalue weighted by molar-refractivity contribution is 0.0600. The molecule has 4 heteroatoms. The summed E-state index contributed by atoms with van der Waals surface area (Å²) in [7, 11) is 1.35. The molecule has 0 saturated carbocycles. The second-order valence-corrected chi connectivity index (χ2v) is 4.06. The van der Waals surface area contributed by atoms with Crippen LogP contribution in [-0.4, -0.2) is 18.1 Å². The molecule has 0 aliphatic carbocycles. The highest BCUT2D eigenvalue weighted by Gasteiger charge is 2.04. The number of hydrogen-bond acceptors (Lipinski definition) is 4. The van der Waals surface area contributed by atoms with Gasteiger partial charge in [0.15, 0.2) is 0 Å². The summed E-state index contributed by atoms with van der Waals surface area (Å²) in [6, 6.07) is 10.7. The highest BCUT2D eigenvalue weighted by Crippen LogP contribution is 2.06. The fraction of sp³-hybridized carbons (Fsp3) is 0.125. The number of nitrogens with two attached hydrogens (primary N) is 1. The lowest BCUT2D eigenvalue weighted by atomic mass is 10.1. The zero-order valence-electron chi connectivity index (χ0n) is 11.1.